The van der Waals surface area contributed by atoms with Crippen molar-refractivity contribution >= 4 is 6.16 Å². The van der Waals surface area contributed by atoms with Crippen molar-refractivity contribution in [3.05, 3.63) is 0 Å². The van der Waals surface area contributed by atoms with Crippen molar-refractivity contribution in [1.82, 2.24) is 5.32 Å². The number of hydrogen-bond acceptors (Lipinski definition) is 5. The van der Waals surface area contributed by atoms with Gasteiger partial charge in [0.1, 0.15) is 0 Å². The second-order valence-electron chi connectivity index (χ2n) is 3.55. The minimum Gasteiger partial charge on any atom is -0.434 e. The highest BCUT2D eigenvalue weighted by Crippen LogP contribution is 1.93. The van der Waals surface area contributed by atoms with Crippen LogP contribution in [0.1, 0.15) is 39.5 Å². The molecule has 17 heavy (non-hydrogen) atoms. The van der Waals surface area contributed by atoms with E-state index >= 15 is 0 Å². The van der Waals surface area contributed by atoms with Crippen LogP contribution in [-0.4, -0.2) is 39.5 Å². The van der Waals surface area contributed by atoms with Crippen molar-refractivity contribution in [2.45, 2.75) is 39.5 Å². The minimum absolute atomic E-state index is 0.474. The standard InChI is InChI=1S/C9H18O3.C3H10N2/c1-3-5-7-11-9(10)12-8-6-4-2;1-5-3-2-4/h3-8H2,1-2H3;5H,2-4H2,1H3. The Labute approximate surface area is 105 Å². The van der Waals surface area contributed by atoms with E-state index < -0.39 is 6.16 Å². The fraction of sp³-hybridized carbons (Fsp3) is 0.917. The molecule has 0 bridgehead atoms. The molecule has 3 N–H and O–H groups in total. The molecule has 0 saturated heterocycles. The van der Waals surface area contributed by atoms with Gasteiger partial charge in [-0.1, -0.05) is 26.7 Å². The van der Waals surface area contributed by atoms with E-state index in [0.29, 0.717) is 13.2 Å². The zero-order valence-corrected chi connectivity index (χ0v) is 11.5. The topological polar surface area (TPSA) is 73.6 Å². The van der Waals surface area contributed by atoms with E-state index in [9.17, 15) is 4.79 Å². The van der Waals surface area contributed by atoms with Gasteiger partial charge in [-0.2, -0.15) is 0 Å². The van der Waals surface area contributed by atoms with Gasteiger partial charge in [0.15, 0.2) is 0 Å². The lowest BCUT2D eigenvalue weighted by atomic mass is 10.4. The van der Waals surface area contributed by atoms with Gasteiger partial charge in [-0.3, -0.25) is 0 Å². The van der Waals surface area contributed by atoms with Gasteiger partial charge in [-0.15, -0.1) is 0 Å². The average Bonchev–Trinajstić information content (AvgIpc) is 2.32. The Morgan fingerprint density at radius 2 is 1.59 bits per heavy atom. The third kappa shape index (κ3) is 21.1. The molecule has 0 heterocycles. The molecule has 0 aliphatic carbocycles. The first-order chi connectivity index (χ1) is 8.22. The van der Waals surface area contributed by atoms with E-state index in [1.807, 2.05) is 20.9 Å². The number of likely N-dealkylation sites (N-methyl/N-ethyl adjacent to an activating group) is 1. The summed E-state index contributed by atoms with van der Waals surface area (Å²) in [6, 6.07) is 0. The highest BCUT2D eigenvalue weighted by atomic mass is 16.7. The number of carbonyl (C=O) groups excluding carboxylic acids is 1. The zero-order valence-electron chi connectivity index (χ0n) is 11.5. The number of unbranched alkanes of at least 4 members (excludes halogenated alkanes) is 2. The molecule has 0 spiro atoms. The molecule has 0 aromatic heterocycles. The van der Waals surface area contributed by atoms with E-state index in [-0.39, 0.29) is 0 Å². The molecule has 0 aromatic carbocycles. The van der Waals surface area contributed by atoms with Crippen LogP contribution < -0.4 is 11.1 Å². The molecular weight excluding hydrogens is 220 g/mol. The maximum atomic E-state index is 10.7. The van der Waals surface area contributed by atoms with E-state index in [1.165, 1.54) is 0 Å². The molecule has 104 valence electrons. The molecule has 0 saturated carbocycles. The van der Waals surface area contributed by atoms with Crippen LogP contribution in [-0.2, 0) is 9.47 Å². The summed E-state index contributed by atoms with van der Waals surface area (Å²) in [6.45, 7) is 6.69. The molecule has 0 atom stereocenters. The Hall–Kier alpha value is -0.810. The van der Waals surface area contributed by atoms with Gasteiger partial charge in [0.2, 0.25) is 0 Å². The van der Waals surface area contributed by atoms with Crippen LogP contribution in [0, 0.1) is 0 Å². The van der Waals surface area contributed by atoms with Crippen molar-refractivity contribution in [3.8, 4) is 0 Å². The number of ether oxygens (including phenoxy) is 2. The first kappa shape index (κ1) is 18.6. The Morgan fingerprint density at radius 1 is 1.12 bits per heavy atom. The Morgan fingerprint density at radius 3 is 1.82 bits per heavy atom. The number of nitrogens with two attached hydrogens (primary N) is 1. The summed E-state index contributed by atoms with van der Waals surface area (Å²) in [5.74, 6) is 0. The van der Waals surface area contributed by atoms with Gasteiger partial charge in [-0.25, -0.2) is 4.79 Å². The molecule has 0 amide bonds. The largest absolute Gasteiger partial charge is 0.508 e. The summed E-state index contributed by atoms with van der Waals surface area (Å²) in [5, 5.41) is 2.89. The van der Waals surface area contributed by atoms with Crippen molar-refractivity contribution in [3.63, 3.8) is 0 Å². The lowest BCUT2D eigenvalue weighted by Crippen LogP contribution is -2.17. The Balaban J connectivity index is 0. The highest BCUT2D eigenvalue weighted by Gasteiger charge is 2.00. The van der Waals surface area contributed by atoms with Crippen molar-refractivity contribution < 1.29 is 14.3 Å². The van der Waals surface area contributed by atoms with Crippen LogP contribution in [0.25, 0.3) is 0 Å². The average molecular weight is 248 g/mol. The lowest BCUT2D eigenvalue weighted by molar-refractivity contribution is 0.0536. The maximum Gasteiger partial charge on any atom is 0.508 e. The second kappa shape index (κ2) is 17.6. The quantitative estimate of drug-likeness (QED) is 0.507. The first-order valence-corrected chi connectivity index (χ1v) is 6.37. The van der Waals surface area contributed by atoms with Crippen molar-refractivity contribution in [2.24, 2.45) is 5.73 Å². The summed E-state index contributed by atoms with van der Waals surface area (Å²) in [5.41, 5.74) is 5.08. The van der Waals surface area contributed by atoms with Gasteiger partial charge < -0.3 is 20.5 Å². The fourth-order valence-corrected chi connectivity index (χ4v) is 0.786. The number of hydrogen-bond donors (Lipinski definition) is 2. The van der Waals surface area contributed by atoms with E-state index in [2.05, 4.69) is 5.32 Å². The van der Waals surface area contributed by atoms with Gasteiger partial charge >= 0.3 is 6.16 Å². The van der Waals surface area contributed by atoms with Crippen molar-refractivity contribution in [1.29, 1.82) is 0 Å². The van der Waals surface area contributed by atoms with Gasteiger partial charge in [0.25, 0.3) is 0 Å². The highest BCUT2D eigenvalue weighted by molar-refractivity contribution is 5.59. The molecule has 5 nitrogen and oxygen atoms in total. The Kier molecular flexibility index (Phi) is 19.2. The molecule has 0 fully saturated rings. The number of rotatable bonds is 8. The summed E-state index contributed by atoms with van der Waals surface area (Å²) in [6.07, 6.45) is 3.34. The number of nitrogens with one attached hydrogen (secondary N) is 1. The predicted octanol–water partition coefficient (Wildman–Crippen LogP) is 1.90. The van der Waals surface area contributed by atoms with Crippen LogP contribution in [0.2, 0.25) is 0 Å². The predicted molar refractivity (Wildman–Crippen MR) is 70.1 cm³/mol. The van der Waals surface area contributed by atoms with Crippen LogP contribution in [0.5, 0.6) is 0 Å². The summed E-state index contributed by atoms with van der Waals surface area (Å²) >= 11 is 0. The second-order valence-corrected chi connectivity index (χ2v) is 3.55. The van der Waals surface area contributed by atoms with Gasteiger partial charge in [0, 0.05) is 13.1 Å². The minimum atomic E-state index is -0.531. The zero-order chi connectivity index (χ0) is 13.4. The van der Waals surface area contributed by atoms with E-state index in [1.54, 1.807) is 0 Å². The molecule has 0 radical (unpaired) electrons. The smallest absolute Gasteiger partial charge is 0.434 e. The molecule has 0 aliphatic rings. The monoisotopic (exact) mass is 248 g/mol. The molecular formula is C12H28N2O3. The van der Waals surface area contributed by atoms with Crippen molar-refractivity contribution in [2.75, 3.05) is 33.4 Å². The first-order valence-electron chi connectivity index (χ1n) is 6.37. The van der Waals surface area contributed by atoms with Crippen LogP contribution in [0.3, 0.4) is 0 Å². The lowest BCUT2D eigenvalue weighted by Gasteiger charge is -2.04. The molecule has 5 heteroatoms. The third-order valence-electron chi connectivity index (χ3n) is 1.83. The maximum absolute atomic E-state index is 10.7. The fourth-order valence-electron chi connectivity index (χ4n) is 0.786. The van der Waals surface area contributed by atoms with Gasteiger partial charge in [-0.05, 0) is 19.9 Å². The Bertz CT molecular complexity index is 141. The van der Waals surface area contributed by atoms with Crippen LogP contribution in [0.4, 0.5) is 4.79 Å². The third-order valence-corrected chi connectivity index (χ3v) is 1.83. The summed E-state index contributed by atoms with van der Waals surface area (Å²) < 4.78 is 9.54. The van der Waals surface area contributed by atoms with Crippen LogP contribution >= 0.6 is 0 Å². The number of carbonyl (C=O) groups is 1. The van der Waals surface area contributed by atoms with Gasteiger partial charge in [0.05, 0.1) is 13.2 Å². The van der Waals surface area contributed by atoms with E-state index in [0.717, 1.165) is 38.8 Å². The SMILES string of the molecule is CCCCOC(=O)OCCCC.CNCCN. The molecule has 0 aliphatic heterocycles. The summed E-state index contributed by atoms with van der Waals surface area (Å²) in [7, 11) is 1.88. The van der Waals surface area contributed by atoms with E-state index in [4.69, 9.17) is 15.2 Å². The normalized spacial score (nSPS) is 9.18. The molecule has 0 rings (SSSR count). The molecule has 0 aromatic rings. The van der Waals surface area contributed by atoms with Crippen LogP contribution in [0.15, 0.2) is 0 Å². The molecule has 0 unspecified atom stereocenters. The summed E-state index contributed by atoms with van der Waals surface area (Å²) in [4.78, 5) is 10.7.